The molecule has 2 atom stereocenters. The summed E-state index contributed by atoms with van der Waals surface area (Å²) in [4.78, 5) is 18.7. The highest BCUT2D eigenvalue weighted by molar-refractivity contribution is 5.93. The fourth-order valence-corrected chi connectivity index (χ4v) is 4.02. The van der Waals surface area contributed by atoms with Gasteiger partial charge in [0.2, 0.25) is 5.91 Å². The molecular formula is C25H25F3N4O3. The molecule has 0 aliphatic carbocycles. The average molecular weight is 486 g/mol. The molecule has 4 rings (SSSR count). The molecule has 0 saturated carbocycles. The molecule has 3 aromatic rings. The Morgan fingerprint density at radius 2 is 1.94 bits per heavy atom. The van der Waals surface area contributed by atoms with Crippen molar-refractivity contribution in [3.8, 4) is 11.5 Å². The van der Waals surface area contributed by atoms with Crippen LogP contribution in [0.3, 0.4) is 0 Å². The van der Waals surface area contributed by atoms with Crippen molar-refractivity contribution in [2.75, 3.05) is 18.4 Å². The molecule has 10 heteroatoms. The number of aryl methyl sites for hydroxylation is 1. The normalized spacial score (nSPS) is 18.6. The van der Waals surface area contributed by atoms with E-state index < -0.39 is 24.3 Å². The molecule has 0 bridgehead atoms. The molecule has 1 aliphatic heterocycles. The third-order valence-electron chi connectivity index (χ3n) is 6.15. The van der Waals surface area contributed by atoms with Crippen LogP contribution in [0.25, 0.3) is 0 Å². The Kier molecular flexibility index (Phi) is 6.93. The van der Waals surface area contributed by atoms with Crippen LogP contribution in [0.5, 0.6) is 11.5 Å². The number of piperidine rings is 1. The summed E-state index contributed by atoms with van der Waals surface area (Å²) in [5.74, 6) is -3.71. The van der Waals surface area contributed by atoms with Gasteiger partial charge in [-0.3, -0.25) is 9.69 Å². The van der Waals surface area contributed by atoms with Crippen molar-refractivity contribution in [3.05, 3.63) is 83.2 Å². The van der Waals surface area contributed by atoms with E-state index in [0.717, 1.165) is 0 Å². The number of nitrogens with one attached hydrogen (secondary N) is 1. The van der Waals surface area contributed by atoms with E-state index in [9.17, 15) is 23.2 Å². The van der Waals surface area contributed by atoms with Crippen LogP contribution in [-0.4, -0.2) is 40.8 Å². The summed E-state index contributed by atoms with van der Waals surface area (Å²) in [7, 11) is 0. The molecule has 0 unspecified atom stereocenters. The van der Waals surface area contributed by atoms with E-state index in [4.69, 9.17) is 4.74 Å². The van der Waals surface area contributed by atoms with Crippen LogP contribution in [0.2, 0.25) is 0 Å². The molecule has 184 valence electrons. The van der Waals surface area contributed by atoms with Gasteiger partial charge in [-0.2, -0.15) is 4.73 Å². The van der Waals surface area contributed by atoms with Crippen LogP contribution in [-0.2, 0) is 4.79 Å². The van der Waals surface area contributed by atoms with Crippen molar-refractivity contribution in [3.63, 3.8) is 0 Å². The summed E-state index contributed by atoms with van der Waals surface area (Å²) >= 11 is 0. The Balaban J connectivity index is 1.39. The highest BCUT2D eigenvalue weighted by atomic mass is 19.3. The molecule has 1 fully saturated rings. The van der Waals surface area contributed by atoms with E-state index in [1.807, 2.05) is 0 Å². The second-order valence-corrected chi connectivity index (χ2v) is 8.59. The number of amides is 1. The SMILES string of the molecule is Cc1cc([C@@H]2CN([C@H](C)C(=O)Nc3ccc(Oc4ccc(F)cc4)cn3)CCC2(F)F)cc[n+]1[O-]. The fraction of sp³-hybridized carbons (Fsp3) is 0.320. The van der Waals surface area contributed by atoms with Crippen molar-refractivity contribution in [1.82, 2.24) is 9.88 Å². The van der Waals surface area contributed by atoms with Crippen LogP contribution in [0.1, 0.15) is 30.5 Å². The number of benzene rings is 1. The molecule has 0 radical (unpaired) electrons. The van der Waals surface area contributed by atoms with E-state index in [1.165, 1.54) is 48.8 Å². The maximum atomic E-state index is 14.7. The van der Waals surface area contributed by atoms with Crippen LogP contribution in [0.15, 0.2) is 60.9 Å². The minimum absolute atomic E-state index is 0.0260. The molecule has 1 aliphatic rings. The third-order valence-corrected chi connectivity index (χ3v) is 6.15. The van der Waals surface area contributed by atoms with Crippen LogP contribution < -0.4 is 14.8 Å². The summed E-state index contributed by atoms with van der Waals surface area (Å²) in [6, 6.07) is 10.9. The first-order chi connectivity index (χ1) is 16.6. The van der Waals surface area contributed by atoms with Gasteiger partial charge in [-0.15, -0.1) is 0 Å². The number of carbonyl (C=O) groups is 1. The molecular weight excluding hydrogens is 461 g/mol. The first-order valence-corrected chi connectivity index (χ1v) is 11.1. The molecule has 1 amide bonds. The van der Waals surface area contributed by atoms with Crippen molar-refractivity contribution in [2.24, 2.45) is 0 Å². The van der Waals surface area contributed by atoms with Crippen molar-refractivity contribution >= 4 is 11.7 Å². The number of aromatic nitrogens is 2. The number of carbonyl (C=O) groups excluding carboxylic acids is 1. The summed E-state index contributed by atoms with van der Waals surface area (Å²) in [6.07, 6.45) is 2.25. The molecule has 2 aromatic heterocycles. The first-order valence-electron chi connectivity index (χ1n) is 11.1. The van der Waals surface area contributed by atoms with Crippen molar-refractivity contribution in [2.45, 2.75) is 38.2 Å². The fourth-order valence-electron chi connectivity index (χ4n) is 4.02. The number of hydrogen-bond donors (Lipinski definition) is 1. The molecule has 1 saturated heterocycles. The molecule has 35 heavy (non-hydrogen) atoms. The highest BCUT2D eigenvalue weighted by Crippen LogP contribution is 2.40. The predicted molar refractivity (Wildman–Crippen MR) is 123 cm³/mol. The maximum Gasteiger partial charge on any atom is 0.257 e. The number of alkyl halides is 2. The number of rotatable bonds is 6. The van der Waals surface area contributed by atoms with Gasteiger partial charge in [0.15, 0.2) is 11.9 Å². The smallest absolute Gasteiger partial charge is 0.257 e. The maximum absolute atomic E-state index is 14.7. The molecule has 1 N–H and O–H groups in total. The van der Waals surface area contributed by atoms with E-state index in [1.54, 1.807) is 30.9 Å². The second kappa shape index (κ2) is 9.91. The van der Waals surface area contributed by atoms with E-state index in [-0.39, 0.29) is 30.6 Å². The Morgan fingerprint density at radius 1 is 1.23 bits per heavy atom. The van der Waals surface area contributed by atoms with Crippen LogP contribution >= 0.6 is 0 Å². The summed E-state index contributed by atoms with van der Waals surface area (Å²) < 4.78 is 48.7. The Hall–Kier alpha value is -3.66. The quantitative estimate of drug-likeness (QED) is 0.413. The van der Waals surface area contributed by atoms with Crippen LogP contribution in [0.4, 0.5) is 19.0 Å². The minimum Gasteiger partial charge on any atom is -0.619 e. The molecule has 3 heterocycles. The number of hydrogen-bond acceptors (Lipinski definition) is 5. The van der Waals surface area contributed by atoms with Gasteiger partial charge >= 0.3 is 0 Å². The minimum atomic E-state index is -2.95. The summed E-state index contributed by atoms with van der Waals surface area (Å²) in [6.45, 7) is 3.25. The van der Waals surface area contributed by atoms with Crippen molar-refractivity contribution in [1.29, 1.82) is 0 Å². The summed E-state index contributed by atoms with van der Waals surface area (Å²) in [5.41, 5.74) is 0.703. The van der Waals surface area contributed by atoms with Gasteiger partial charge in [0.1, 0.15) is 23.1 Å². The molecule has 1 aromatic carbocycles. The van der Waals surface area contributed by atoms with Gasteiger partial charge in [0.25, 0.3) is 5.92 Å². The number of pyridine rings is 2. The topological polar surface area (TPSA) is 81.4 Å². The molecule has 7 nitrogen and oxygen atoms in total. The standard InChI is InChI=1S/C25H25F3N4O3/c1-16-13-18(9-11-32(16)34)22-15-31(12-10-25(22,27)28)17(2)24(33)30-23-8-7-21(14-29-23)35-20-5-3-19(26)4-6-20/h3-9,11,13-14,17,22H,10,12,15H2,1-2H3,(H,29,30,33)/t17-,22+/m1/s1. The lowest BCUT2D eigenvalue weighted by Crippen LogP contribution is -2.52. The lowest BCUT2D eigenvalue weighted by Gasteiger charge is -2.40. The Morgan fingerprint density at radius 3 is 2.60 bits per heavy atom. The Labute approximate surface area is 200 Å². The number of likely N-dealkylation sites (tertiary alicyclic amines) is 1. The number of halogens is 3. The monoisotopic (exact) mass is 486 g/mol. The van der Waals surface area contributed by atoms with Gasteiger partial charge < -0.3 is 15.3 Å². The zero-order chi connectivity index (χ0) is 25.2. The largest absolute Gasteiger partial charge is 0.619 e. The second-order valence-electron chi connectivity index (χ2n) is 8.59. The van der Waals surface area contributed by atoms with E-state index >= 15 is 0 Å². The van der Waals surface area contributed by atoms with Gasteiger partial charge in [0, 0.05) is 38.6 Å². The predicted octanol–water partition coefficient (Wildman–Crippen LogP) is 4.41. The van der Waals surface area contributed by atoms with E-state index in [0.29, 0.717) is 27.5 Å². The third kappa shape index (κ3) is 5.71. The van der Waals surface area contributed by atoms with Gasteiger partial charge in [-0.25, -0.2) is 18.2 Å². The van der Waals surface area contributed by atoms with Crippen molar-refractivity contribution < 1.29 is 27.4 Å². The summed E-state index contributed by atoms with van der Waals surface area (Å²) in [5, 5.41) is 14.3. The van der Waals surface area contributed by atoms with Gasteiger partial charge in [-0.05, 0) is 48.9 Å². The highest BCUT2D eigenvalue weighted by Gasteiger charge is 2.46. The lowest BCUT2D eigenvalue weighted by atomic mass is 9.86. The lowest BCUT2D eigenvalue weighted by molar-refractivity contribution is -0.612. The van der Waals surface area contributed by atoms with Gasteiger partial charge in [-0.1, -0.05) is 0 Å². The number of anilines is 1. The Bertz CT molecular complexity index is 1190. The average Bonchev–Trinajstić information content (AvgIpc) is 2.83. The number of nitrogens with zero attached hydrogens (tertiary/aromatic N) is 3. The zero-order valence-electron chi connectivity index (χ0n) is 19.2. The van der Waals surface area contributed by atoms with E-state index in [2.05, 4.69) is 10.3 Å². The first kappa shape index (κ1) is 24.5. The van der Waals surface area contributed by atoms with Gasteiger partial charge in [0.05, 0.1) is 18.2 Å². The molecule has 0 spiro atoms. The number of ether oxygens (including phenoxy) is 1. The van der Waals surface area contributed by atoms with Crippen LogP contribution in [0, 0.1) is 17.9 Å². The zero-order valence-corrected chi connectivity index (χ0v) is 19.2.